The van der Waals surface area contributed by atoms with Crippen LogP contribution < -0.4 is 89.6 Å². The van der Waals surface area contributed by atoms with Gasteiger partial charge in [0.2, 0.25) is 0 Å². The second kappa shape index (κ2) is 24.1. The maximum Gasteiger partial charge on any atom is 1.00 e. The van der Waals surface area contributed by atoms with Crippen LogP contribution in [0.15, 0.2) is 102 Å². The fourth-order valence-electron chi connectivity index (χ4n) is 7.44. The van der Waals surface area contributed by atoms with Crippen LogP contribution in [0.4, 0.5) is 11.4 Å². The summed E-state index contributed by atoms with van der Waals surface area (Å²) in [5, 5.41) is 12.2. The number of rotatable bonds is 11. The van der Waals surface area contributed by atoms with Gasteiger partial charge in [0.1, 0.15) is 11.5 Å². The number of ether oxygens (including phenoxy) is 2. The van der Waals surface area contributed by atoms with Gasteiger partial charge in [-0.25, -0.2) is 9.59 Å². The van der Waals surface area contributed by atoms with E-state index in [1.54, 1.807) is 6.20 Å². The summed E-state index contributed by atoms with van der Waals surface area (Å²) in [7, 11) is 0. The van der Waals surface area contributed by atoms with E-state index in [-0.39, 0.29) is 61.0 Å². The van der Waals surface area contributed by atoms with Gasteiger partial charge in [0.05, 0.1) is 53.9 Å². The van der Waals surface area contributed by atoms with Crippen molar-refractivity contribution in [2.45, 2.75) is 26.8 Å². The van der Waals surface area contributed by atoms with Crippen LogP contribution in [-0.4, -0.2) is 109 Å². The van der Waals surface area contributed by atoms with Gasteiger partial charge in [0.15, 0.2) is 11.2 Å². The quantitative estimate of drug-likeness (QED) is 0.0618. The molecule has 324 valence electrons. The van der Waals surface area contributed by atoms with Crippen LogP contribution >= 0.6 is 15.9 Å². The molecular formula is C44H52BrIN9NaO6. The summed E-state index contributed by atoms with van der Waals surface area (Å²) in [5.41, 5.74) is 8.28. The van der Waals surface area contributed by atoms with E-state index in [1.807, 2.05) is 66.9 Å². The Morgan fingerprint density at radius 1 is 0.726 bits per heavy atom. The van der Waals surface area contributed by atoms with Gasteiger partial charge in [-0.3, -0.25) is 25.0 Å². The van der Waals surface area contributed by atoms with E-state index in [1.165, 1.54) is 11.1 Å². The van der Waals surface area contributed by atoms with E-state index in [2.05, 4.69) is 73.2 Å². The molecule has 10 rings (SSSR count). The van der Waals surface area contributed by atoms with E-state index in [4.69, 9.17) is 18.3 Å². The predicted molar refractivity (Wildman–Crippen MR) is 242 cm³/mol. The molecule has 3 aliphatic heterocycles. The number of hydrogen-bond acceptors (Lipinski definition) is 12. The normalized spacial score (nSPS) is 14.5. The van der Waals surface area contributed by atoms with E-state index < -0.39 is 11.5 Å². The van der Waals surface area contributed by atoms with Crippen LogP contribution in [-0.2, 0) is 6.54 Å². The molecule has 0 amide bonds. The summed E-state index contributed by atoms with van der Waals surface area (Å²) >= 11 is 3.36. The topological polar surface area (TPSA) is 173 Å². The SMILES string of the molecule is BrCCCOc1ccc2cn[nH]c2c1.C.O=c1[nH]c2cccc(N3CCN(CCCOc4ccc5c(c4)CN=C5)CC3)c2o1.O=c1[nH]c2cccc(N3CCNCC3)c2o1.[I-].[Na+]. The second-order valence-electron chi connectivity index (χ2n) is 14.4. The van der Waals surface area contributed by atoms with Crippen LogP contribution in [0.2, 0.25) is 0 Å². The Labute approximate surface area is 407 Å². The number of fused-ring (bicyclic) bond motifs is 4. The molecule has 0 radical (unpaired) electrons. The number of benzene rings is 4. The number of oxazole rings is 2. The Kier molecular flexibility index (Phi) is 19.0. The van der Waals surface area contributed by atoms with Crippen LogP contribution in [0.1, 0.15) is 31.4 Å². The first-order valence-corrected chi connectivity index (χ1v) is 21.2. The summed E-state index contributed by atoms with van der Waals surface area (Å²) in [6.45, 7) is 10.8. The maximum atomic E-state index is 11.5. The molecule has 18 heteroatoms. The number of aromatic amines is 3. The summed E-state index contributed by atoms with van der Waals surface area (Å²) in [6, 6.07) is 23.8. The van der Waals surface area contributed by atoms with Crippen LogP contribution in [0, 0.1) is 0 Å². The fraction of sp³-hybridized carbons (Fsp3) is 0.364. The van der Waals surface area contributed by atoms with Gasteiger partial charge in [-0.15, -0.1) is 0 Å². The molecule has 0 atom stereocenters. The molecule has 0 spiro atoms. The zero-order valence-electron chi connectivity index (χ0n) is 34.1. The molecule has 62 heavy (non-hydrogen) atoms. The molecule has 15 nitrogen and oxygen atoms in total. The van der Waals surface area contributed by atoms with Crippen LogP contribution in [0.5, 0.6) is 11.5 Å². The second-order valence-corrected chi connectivity index (χ2v) is 15.2. The van der Waals surface area contributed by atoms with Gasteiger partial charge >= 0.3 is 41.1 Å². The first kappa shape index (κ1) is 48.9. The Bertz CT molecular complexity index is 2610. The Hall–Kier alpha value is -4.11. The number of aromatic nitrogens is 4. The van der Waals surface area contributed by atoms with Gasteiger partial charge in [-0.05, 0) is 78.6 Å². The maximum absolute atomic E-state index is 11.5. The smallest absolute Gasteiger partial charge is 1.00 e. The first-order valence-electron chi connectivity index (χ1n) is 20.0. The number of alkyl halides is 1. The fourth-order valence-corrected chi connectivity index (χ4v) is 7.67. The molecule has 0 aliphatic carbocycles. The first-order chi connectivity index (χ1) is 29.0. The van der Waals surface area contributed by atoms with Crippen molar-refractivity contribution >= 4 is 66.6 Å². The molecule has 0 bridgehead atoms. The summed E-state index contributed by atoms with van der Waals surface area (Å²) in [5.74, 6) is 1.03. The predicted octanol–water partition coefficient (Wildman–Crippen LogP) is 0.546. The molecule has 4 aromatic carbocycles. The molecule has 2 fully saturated rings. The third-order valence-corrected chi connectivity index (χ3v) is 11.0. The van der Waals surface area contributed by atoms with Gasteiger partial charge < -0.3 is 57.4 Å². The number of para-hydroxylation sites is 2. The zero-order chi connectivity index (χ0) is 40.4. The minimum Gasteiger partial charge on any atom is -1.00 e. The molecule has 0 saturated carbocycles. The number of nitrogens with zero attached hydrogens (tertiary/aromatic N) is 5. The van der Waals surface area contributed by atoms with Crippen LogP contribution in [0.3, 0.4) is 0 Å². The summed E-state index contributed by atoms with van der Waals surface area (Å²) < 4.78 is 22.0. The molecule has 3 aliphatic rings. The molecule has 3 aromatic heterocycles. The van der Waals surface area contributed by atoms with E-state index >= 15 is 0 Å². The molecule has 6 heterocycles. The van der Waals surface area contributed by atoms with Crippen molar-refractivity contribution in [3.63, 3.8) is 0 Å². The molecule has 2 saturated heterocycles. The number of aliphatic imine (C=N–C) groups is 1. The Balaban J connectivity index is 0.000000187. The van der Waals surface area contributed by atoms with Crippen molar-refractivity contribution in [2.75, 3.05) is 87.2 Å². The number of halogens is 2. The minimum absolute atomic E-state index is 0. The molecule has 7 aromatic rings. The van der Waals surface area contributed by atoms with Crippen molar-refractivity contribution in [2.24, 2.45) is 4.99 Å². The van der Waals surface area contributed by atoms with Crippen molar-refractivity contribution < 1.29 is 71.8 Å². The number of anilines is 2. The molecule has 4 N–H and O–H groups in total. The third-order valence-electron chi connectivity index (χ3n) is 10.5. The number of piperazine rings is 2. The zero-order valence-corrected chi connectivity index (χ0v) is 39.9. The van der Waals surface area contributed by atoms with Crippen molar-refractivity contribution in [3.8, 4) is 11.5 Å². The van der Waals surface area contributed by atoms with Gasteiger partial charge in [-0.1, -0.05) is 35.5 Å². The van der Waals surface area contributed by atoms with E-state index in [0.717, 1.165) is 135 Å². The Morgan fingerprint density at radius 3 is 2.00 bits per heavy atom. The summed E-state index contributed by atoms with van der Waals surface area (Å²) in [6.07, 6.45) is 5.73. The number of hydrogen-bond donors (Lipinski definition) is 4. The third kappa shape index (κ3) is 12.5. The van der Waals surface area contributed by atoms with Gasteiger partial charge in [0, 0.05) is 81.9 Å². The van der Waals surface area contributed by atoms with Gasteiger partial charge in [0.25, 0.3) is 0 Å². The summed E-state index contributed by atoms with van der Waals surface area (Å²) in [4.78, 5) is 39.4. The number of H-pyrrole nitrogens is 3. The van der Waals surface area contributed by atoms with Crippen molar-refractivity contribution in [3.05, 3.63) is 111 Å². The largest absolute Gasteiger partial charge is 1.00 e. The molecule has 0 unspecified atom stereocenters. The average molecular weight is 1030 g/mol. The Morgan fingerprint density at radius 2 is 1.34 bits per heavy atom. The number of nitrogens with one attached hydrogen (secondary N) is 4. The average Bonchev–Trinajstić information content (AvgIpc) is 4.09. The van der Waals surface area contributed by atoms with Gasteiger partial charge in [-0.2, -0.15) is 5.10 Å². The van der Waals surface area contributed by atoms with Crippen molar-refractivity contribution in [1.82, 2.24) is 30.4 Å². The molecular weight excluding hydrogens is 980 g/mol. The standard InChI is InChI=1S/C22H24N4O3.C11H13N3O2.C10H11BrN2O.CH4.HI.Na/c27-22-24-19-3-1-4-20(21(19)29-22)26-10-8-25(9-11-26)7-2-12-28-18-6-5-16-14-23-15-17(16)13-18;15-11-13-8-2-1-3-9(10(8)16-11)14-6-4-12-5-7-14;11-4-1-5-14-9-3-2-8-7-12-13-10(8)6-9;;;/h1,3-6,13-14H,2,7-12,15H2,(H,24,27);1-3,12H,4-7H2,(H,13,15);2-3,6-7H,1,4-5H2,(H,12,13);1H4;1H;/q;;;;;+1/p-1. The van der Waals surface area contributed by atoms with Crippen molar-refractivity contribution in [1.29, 1.82) is 0 Å². The van der Waals surface area contributed by atoms with E-state index in [9.17, 15) is 9.59 Å². The van der Waals surface area contributed by atoms with Crippen LogP contribution in [0.25, 0.3) is 33.1 Å². The monoisotopic (exact) mass is 1030 g/mol. The van der Waals surface area contributed by atoms with E-state index in [0.29, 0.717) is 17.8 Å². The minimum atomic E-state index is -0.401.